The Kier molecular flexibility index (Phi) is 4.98. The Balaban J connectivity index is 2.09. The summed E-state index contributed by atoms with van der Waals surface area (Å²) in [6, 6.07) is 5.92. The number of nitrogens with one attached hydrogen (secondary N) is 2. The molecule has 3 N–H and O–H groups in total. The van der Waals surface area contributed by atoms with E-state index in [2.05, 4.69) is 26.6 Å². The van der Waals surface area contributed by atoms with Gasteiger partial charge in [0.1, 0.15) is 0 Å². The second kappa shape index (κ2) is 6.73. The number of hydrogen-bond acceptors (Lipinski definition) is 3. The average Bonchev–Trinajstić information content (AvgIpc) is 2.91. The highest BCUT2D eigenvalue weighted by atomic mass is 79.9. The normalized spacial score (nSPS) is 11.7. The minimum absolute atomic E-state index is 0.0385. The summed E-state index contributed by atoms with van der Waals surface area (Å²) in [5.41, 5.74) is 1.28. The van der Waals surface area contributed by atoms with Crippen LogP contribution in [0.2, 0.25) is 0 Å². The highest BCUT2D eigenvalue weighted by Crippen LogP contribution is 2.22. The summed E-state index contributed by atoms with van der Waals surface area (Å²) in [7, 11) is 0. The number of benzene rings is 1. The van der Waals surface area contributed by atoms with Crippen molar-refractivity contribution >= 4 is 45.0 Å². The van der Waals surface area contributed by atoms with Gasteiger partial charge in [-0.25, -0.2) is 9.59 Å². The lowest BCUT2D eigenvalue weighted by molar-refractivity contribution is 0.0698. The van der Waals surface area contributed by atoms with E-state index in [1.165, 1.54) is 6.07 Å². The molecule has 1 aromatic carbocycles. The molecule has 0 aliphatic rings. The quantitative estimate of drug-likeness (QED) is 0.760. The molecule has 2 rings (SSSR count). The summed E-state index contributed by atoms with van der Waals surface area (Å²) in [5, 5.41) is 18.3. The summed E-state index contributed by atoms with van der Waals surface area (Å²) >= 11 is 4.81. The maximum Gasteiger partial charge on any atom is 0.337 e. The van der Waals surface area contributed by atoms with Crippen LogP contribution in [0.15, 0.2) is 39.5 Å². The van der Waals surface area contributed by atoms with Gasteiger partial charge >= 0.3 is 12.0 Å². The van der Waals surface area contributed by atoms with Gasteiger partial charge in [0, 0.05) is 4.47 Å². The largest absolute Gasteiger partial charge is 0.478 e. The van der Waals surface area contributed by atoms with Gasteiger partial charge < -0.3 is 15.7 Å². The maximum atomic E-state index is 12.0. The van der Waals surface area contributed by atoms with Gasteiger partial charge in [-0.3, -0.25) is 0 Å². The first kappa shape index (κ1) is 15.5. The van der Waals surface area contributed by atoms with Gasteiger partial charge in [0.25, 0.3) is 0 Å². The smallest absolute Gasteiger partial charge is 0.337 e. The van der Waals surface area contributed by atoms with Crippen molar-refractivity contribution in [1.29, 1.82) is 0 Å². The fourth-order valence-corrected chi connectivity index (χ4v) is 2.88. The molecule has 0 saturated heterocycles. The van der Waals surface area contributed by atoms with Crippen molar-refractivity contribution in [2.75, 3.05) is 5.32 Å². The topological polar surface area (TPSA) is 78.4 Å². The Hall–Kier alpha value is -1.86. The number of amides is 2. The van der Waals surface area contributed by atoms with Gasteiger partial charge in [-0.05, 0) is 47.5 Å². The molecule has 1 heterocycles. The molecule has 0 radical (unpaired) electrons. The molecular formula is C14H13BrN2O3S. The minimum atomic E-state index is -1.09. The number of aromatic carboxylic acids is 1. The van der Waals surface area contributed by atoms with Gasteiger partial charge in [-0.2, -0.15) is 11.3 Å². The first-order valence-corrected chi connectivity index (χ1v) is 7.83. The van der Waals surface area contributed by atoms with Crippen LogP contribution in [0.4, 0.5) is 10.5 Å². The van der Waals surface area contributed by atoms with Crippen LogP contribution in [0.25, 0.3) is 0 Å². The zero-order valence-electron chi connectivity index (χ0n) is 11.1. The molecule has 0 spiro atoms. The van der Waals surface area contributed by atoms with E-state index in [9.17, 15) is 9.59 Å². The number of carbonyl (C=O) groups excluding carboxylic acids is 1. The molecule has 0 saturated carbocycles. The van der Waals surface area contributed by atoms with Crippen LogP contribution in [-0.4, -0.2) is 17.1 Å². The first-order valence-electron chi connectivity index (χ1n) is 6.10. The number of carboxylic acid groups (broad SMARTS) is 1. The van der Waals surface area contributed by atoms with Crippen molar-refractivity contribution < 1.29 is 14.7 Å². The Bertz CT molecular complexity index is 658. The standard InChI is InChI=1S/C14H13BrN2O3S/c1-8(9-4-5-21-7-9)16-14(20)17-12-6-10(15)2-3-11(12)13(18)19/h2-8H,1H3,(H,18,19)(H2,16,17,20). The third kappa shape index (κ3) is 4.05. The summed E-state index contributed by atoms with van der Waals surface area (Å²) in [6.07, 6.45) is 0. The van der Waals surface area contributed by atoms with Crippen LogP contribution in [0.5, 0.6) is 0 Å². The summed E-state index contributed by atoms with van der Waals surface area (Å²) < 4.78 is 0.689. The third-order valence-electron chi connectivity index (χ3n) is 2.85. The molecule has 0 fully saturated rings. The summed E-state index contributed by atoms with van der Waals surface area (Å²) in [6.45, 7) is 1.86. The van der Waals surface area contributed by atoms with Gasteiger partial charge in [-0.15, -0.1) is 0 Å². The SMILES string of the molecule is CC(NC(=O)Nc1cc(Br)ccc1C(=O)O)c1ccsc1. The molecule has 2 amide bonds. The van der Waals surface area contributed by atoms with E-state index in [4.69, 9.17) is 5.11 Å². The molecule has 7 heteroatoms. The summed E-state index contributed by atoms with van der Waals surface area (Å²) in [4.78, 5) is 23.1. The third-order valence-corrected chi connectivity index (χ3v) is 4.05. The Morgan fingerprint density at radius 1 is 1.33 bits per heavy atom. The van der Waals surface area contributed by atoms with E-state index in [0.717, 1.165) is 5.56 Å². The Labute approximate surface area is 134 Å². The first-order chi connectivity index (χ1) is 9.97. The summed E-state index contributed by atoms with van der Waals surface area (Å²) in [5.74, 6) is -1.09. The number of urea groups is 1. The van der Waals surface area contributed by atoms with Crippen molar-refractivity contribution in [3.63, 3.8) is 0 Å². The van der Waals surface area contributed by atoms with Gasteiger partial charge in [0.15, 0.2) is 0 Å². The molecule has 21 heavy (non-hydrogen) atoms. The second-order valence-electron chi connectivity index (χ2n) is 4.37. The van der Waals surface area contributed by atoms with Crippen LogP contribution in [0.1, 0.15) is 28.9 Å². The molecule has 1 unspecified atom stereocenters. The lowest BCUT2D eigenvalue weighted by atomic mass is 10.2. The van der Waals surface area contributed by atoms with E-state index in [1.54, 1.807) is 23.5 Å². The van der Waals surface area contributed by atoms with Crippen molar-refractivity contribution in [3.05, 3.63) is 50.6 Å². The van der Waals surface area contributed by atoms with E-state index < -0.39 is 12.0 Å². The van der Waals surface area contributed by atoms with Crippen molar-refractivity contribution in [1.82, 2.24) is 5.32 Å². The number of halogens is 1. The predicted molar refractivity (Wildman–Crippen MR) is 86.0 cm³/mol. The highest BCUT2D eigenvalue weighted by Gasteiger charge is 2.15. The molecule has 1 atom stereocenters. The number of hydrogen-bond donors (Lipinski definition) is 3. The van der Waals surface area contributed by atoms with E-state index in [-0.39, 0.29) is 17.3 Å². The predicted octanol–water partition coefficient (Wildman–Crippen LogP) is 4.09. The van der Waals surface area contributed by atoms with Crippen molar-refractivity contribution in [3.8, 4) is 0 Å². The van der Waals surface area contributed by atoms with Crippen LogP contribution >= 0.6 is 27.3 Å². The number of anilines is 1. The Morgan fingerprint density at radius 2 is 2.10 bits per heavy atom. The zero-order valence-corrected chi connectivity index (χ0v) is 13.5. The molecule has 5 nitrogen and oxygen atoms in total. The molecule has 2 aromatic rings. The second-order valence-corrected chi connectivity index (χ2v) is 6.07. The van der Waals surface area contributed by atoms with Crippen molar-refractivity contribution in [2.45, 2.75) is 13.0 Å². The van der Waals surface area contributed by atoms with Gasteiger partial charge in [0.2, 0.25) is 0 Å². The molecular weight excluding hydrogens is 356 g/mol. The fourth-order valence-electron chi connectivity index (χ4n) is 1.77. The number of thiophene rings is 1. The van der Waals surface area contributed by atoms with Crippen LogP contribution in [0.3, 0.4) is 0 Å². The van der Waals surface area contributed by atoms with Gasteiger partial charge in [0.05, 0.1) is 17.3 Å². The molecule has 0 aliphatic carbocycles. The lowest BCUT2D eigenvalue weighted by Crippen LogP contribution is -2.31. The highest BCUT2D eigenvalue weighted by molar-refractivity contribution is 9.10. The number of rotatable bonds is 4. The molecule has 1 aromatic heterocycles. The van der Waals surface area contributed by atoms with E-state index in [1.807, 2.05) is 23.8 Å². The van der Waals surface area contributed by atoms with Crippen LogP contribution in [-0.2, 0) is 0 Å². The van der Waals surface area contributed by atoms with E-state index in [0.29, 0.717) is 4.47 Å². The number of carboxylic acids is 1. The Morgan fingerprint density at radius 3 is 2.71 bits per heavy atom. The maximum absolute atomic E-state index is 12.0. The lowest BCUT2D eigenvalue weighted by Gasteiger charge is -2.14. The average molecular weight is 369 g/mol. The van der Waals surface area contributed by atoms with Gasteiger partial charge in [-0.1, -0.05) is 15.9 Å². The fraction of sp³-hybridized carbons (Fsp3) is 0.143. The monoisotopic (exact) mass is 368 g/mol. The van der Waals surface area contributed by atoms with Crippen LogP contribution in [0, 0.1) is 0 Å². The van der Waals surface area contributed by atoms with Crippen LogP contribution < -0.4 is 10.6 Å². The minimum Gasteiger partial charge on any atom is -0.478 e. The molecule has 0 aliphatic heterocycles. The molecule has 110 valence electrons. The number of carbonyl (C=O) groups is 2. The zero-order chi connectivity index (χ0) is 15.4. The molecule has 0 bridgehead atoms. The van der Waals surface area contributed by atoms with E-state index >= 15 is 0 Å². The van der Waals surface area contributed by atoms with Crippen molar-refractivity contribution in [2.24, 2.45) is 0 Å².